The molecule has 0 aromatic heterocycles. The van der Waals surface area contributed by atoms with E-state index in [4.69, 9.17) is 4.74 Å². The Labute approximate surface area is 154 Å². The maximum Gasteiger partial charge on any atom is 0.322 e. The van der Waals surface area contributed by atoms with Gasteiger partial charge in [0, 0.05) is 5.39 Å². The molecule has 1 aliphatic carbocycles. The minimum Gasteiger partial charge on any atom is -0.425 e. The van der Waals surface area contributed by atoms with Crippen molar-refractivity contribution in [2.24, 2.45) is 23.7 Å². The third-order valence-corrected chi connectivity index (χ3v) is 6.11. The molecule has 0 radical (unpaired) electrons. The summed E-state index contributed by atoms with van der Waals surface area (Å²) in [5.74, 6) is -0.0884. The Balaban J connectivity index is 1.78. The van der Waals surface area contributed by atoms with Crippen LogP contribution in [-0.2, 0) is 4.79 Å². The number of ether oxygens (including phenoxy) is 1. The van der Waals surface area contributed by atoms with Gasteiger partial charge < -0.3 is 4.74 Å². The lowest BCUT2D eigenvalue weighted by Gasteiger charge is -2.39. The Morgan fingerprint density at radius 3 is 2.65 bits per heavy atom. The fourth-order valence-electron chi connectivity index (χ4n) is 4.76. The van der Waals surface area contributed by atoms with Crippen LogP contribution in [0.4, 0.5) is 0 Å². The summed E-state index contributed by atoms with van der Waals surface area (Å²) in [5.41, 5.74) is 1.60. The Kier molecular flexibility index (Phi) is 4.18. The van der Waals surface area contributed by atoms with Gasteiger partial charge in [-0.2, -0.15) is 0 Å². The van der Waals surface area contributed by atoms with Gasteiger partial charge in [-0.25, -0.2) is 0 Å². The molecule has 2 aliphatic rings. The van der Waals surface area contributed by atoms with Gasteiger partial charge in [0.2, 0.25) is 0 Å². The lowest BCUT2D eigenvalue weighted by atomic mass is 9.65. The summed E-state index contributed by atoms with van der Waals surface area (Å²) in [6.07, 6.45) is 2.97. The van der Waals surface area contributed by atoms with Crippen LogP contribution in [-0.4, -0.2) is 11.8 Å². The second-order valence-corrected chi connectivity index (χ2v) is 7.96. The van der Waals surface area contributed by atoms with Crippen LogP contribution in [0.2, 0.25) is 0 Å². The van der Waals surface area contributed by atoms with E-state index in [2.05, 4.69) is 13.5 Å². The summed E-state index contributed by atoms with van der Waals surface area (Å²) in [5, 5.41) is 1.79. The van der Waals surface area contributed by atoms with E-state index >= 15 is 0 Å². The average molecular weight is 348 g/mol. The highest BCUT2D eigenvalue weighted by atomic mass is 16.5. The fourth-order valence-corrected chi connectivity index (χ4v) is 4.76. The molecule has 3 heteroatoms. The smallest absolute Gasteiger partial charge is 0.322 e. The molecule has 4 atom stereocenters. The standard InChI is InChI=1S/C23H24O3/c1-13(2)16-10-8-14(3)12-19(16)20-21(24)18-11-9-15-6-4-5-7-17(15)22(18)26-23(20)25/h4-7,9,11,14,16,19-20H,1,8,10,12H2,2-3H3/t14?,16-,19+,20?/m0/s1. The molecular weight excluding hydrogens is 324 g/mol. The Morgan fingerprint density at radius 2 is 1.88 bits per heavy atom. The number of carbonyl (C=O) groups is 2. The van der Waals surface area contributed by atoms with Gasteiger partial charge in [0.15, 0.2) is 5.78 Å². The lowest BCUT2D eigenvalue weighted by Crippen LogP contribution is -2.43. The summed E-state index contributed by atoms with van der Waals surface area (Å²) < 4.78 is 5.76. The molecule has 1 aliphatic heterocycles. The summed E-state index contributed by atoms with van der Waals surface area (Å²) in [7, 11) is 0. The van der Waals surface area contributed by atoms with Crippen molar-refractivity contribution >= 4 is 22.5 Å². The maximum absolute atomic E-state index is 13.3. The van der Waals surface area contributed by atoms with Gasteiger partial charge in [0.05, 0.1) is 5.56 Å². The lowest BCUT2D eigenvalue weighted by molar-refractivity contribution is -0.140. The highest BCUT2D eigenvalue weighted by Gasteiger charge is 2.46. The molecule has 0 spiro atoms. The molecule has 1 heterocycles. The Hall–Kier alpha value is -2.42. The second-order valence-electron chi connectivity index (χ2n) is 7.96. The average Bonchev–Trinajstić information content (AvgIpc) is 2.61. The first-order valence-electron chi connectivity index (χ1n) is 9.40. The molecule has 0 saturated heterocycles. The van der Waals surface area contributed by atoms with Crippen LogP contribution in [0.15, 0.2) is 48.6 Å². The van der Waals surface area contributed by atoms with Crippen molar-refractivity contribution in [2.45, 2.75) is 33.1 Å². The molecule has 1 fully saturated rings. The van der Waals surface area contributed by atoms with Gasteiger partial charge in [0.1, 0.15) is 11.7 Å². The number of rotatable bonds is 2. The molecule has 0 N–H and O–H groups in total. The topological polar surface area (TPSA) is 43.4 Å². The van der Waals surface area contributed by atoms with Crippen LogP contribution in [0.25, 0.3) is 10.8 Å². The first kappa shape index (κ1) is 17.0. The molecular formula is C23H24O3. The number of esters is 1. The van der Waals surface area contributed by atoms with Crippen LogP contribution < -0.4 is 4.74 Å². The molecule has 4 rings (SSSR count). The zero-order valence-corrected chi connectivity index (χ0v) is 15.3. The first-order valence-corrected chi connectivity index (χ1v) is 9.40. The van der Waals surface area contributed by atoms with Crippen molar-refractivity contribution in [2.75, 3.05) is 0 Å². The second kappa shape index (κ2) is 6.39. The zero-order valence-electron chi connectivity index (χ0n) is 15.3. The van der Waals surface area contributed by atoms with Gasteiger partial charge in [-0.15, -0.1) is 0 Å². The van der Waals surface area contributed by atoms with Crippen LogP contribution in [0.1, 0.15) is 43.5 Å². The van der Waals surface area contributed by atoms with Crippen molar-refractivity contribution in [1.29, 1.82) is 0 Å². The van der Waals surface area contributed by atoms with Gasteiger partial charge in [0.25, 0.3) is 0 Å². The number of hydrogen-bond acceptors (Lipinski definition) is 3. The predicted octanol–water partition coefficient (Wildman–Crippen LogP) is 5.19. The maximum atomic E-state index is 13.3. The number of ketones is 1. The summed E-state index contributed by atoms with van der Waals surface area (Å²) in [6.45, 7) is 8.32. The number of allylic oxidation sites excluding steroid dienone is 1. The quantitative estimate of drug-likeness (QED) is 0.325. The number of hydrogen-bond donors (Lipinski definition) is 0. The van der Waals surface area contributed by atoms with E-state index in [1.54, 1.807) is 0 Å². The van der Waals surface area contributed by atoms with Gasteiger partial charge in [-0.05, 0) is 49.0 Å². The van der Waals surface area contributed by atoms with Crippen molar-refractivity contribution in [3.05, 3.63) is 54.1 Å². The van der Waals surface area contributed by atoms with E-state index < -0.39 is 11.9 Å². The molecule has 0 amide bonds. The molecule has 3 nitrogen and oxygen atoms in total. The molecule has 1 saturated carbocycles. The number of carbonyl (C=O) groups excluding carboxylic acids is 2. The number of Topliss-reactive ketones (excluding diaryl/α,β-unsaturated/α-hetero) is 1. The van der Waals surface area contributed by atoms with Crippen LogP contribution in [0.3, 0.4) is 0 Å². The normalized spacial score (nSPS) is 28.5. The van der Waals surface area contributed by atoms with Gasteiger partial charge >= 0.3 is 5.97 Å². The van der Waals surface area contributed by atoms with Crippen LogP contribution >= 0.6 is 0 Å². The minimum absolute atomic E-state index is 0.0177. The highest BCUT2D eigenvalue weighted by Crippen LogP contribution is 2.45. The van der Waals surface area contributed by atoms with Crippen molar-refractivity contribution < 1.29 is 14.3 Å². The van der Waals surface area contributed by atoms with E-state index in [1.165, 1.54) is 0 Å². The SMILES string of the molecule is C=C(C)[C@@H]1CCC(C)C[C@H]1C1C(=O)Oc2c(ccc3ccccc23)C1=O. The summed E-state index contributed by atoms with van der Waals surface area (Å²) in [6, 6.07) is 11.4. The Bertz CT molecular complexity index is 911. The van der Waals surface area contributed by atoms with E-state index in [-0.39, 0.29) is 17.6 Å². The largest absolute Gasteiger partial charge is 0.425 e. The van der Waals surface area contributed by atoms with Crippen LogP contribution in [0.5, 0.6) is 5.75 Å². The van der Waals surface area contributed by atoms with E-state index in [0.29, 0.717) is 17.2 Å². The molecule has 2 aromatic rings. The van der Waals surface area contributed by atoms with Crippen molar-refractivity contribution in [1.82, 2.24) is 0 Å². The molecule has 2 aromatic carbocycles. The Morgan fingerprint density at radius 1 is 1.12 bits per heavy atom. The van der Waals surface area contributed by atoms with Gasteiger partial charge in [-0.3, -0.25) is 9.59 Å². The highest BCUT2D eigenvalue weighted by molar-refractivity contribution is 6.16. The predicted molar refractivity (Wildman–Crippen MR) is 102 cm³/mol. The first-order chi connectivity index (χ1) is 12.5. The summed E-state index contributed by atoms with van der Waals surface area (Å²) >= 11 is 0. The zero-order chi connectivity index (χ0) is 18.4. The van der Waals surface area contributed by atoms with E-state index in [1.807, 2.05) is 43.3 Å². The number of fused-ring (bicyclic) bond motifs is 3. The van der Waals surface area contributed by atoms with Gasteiger partial charge in [-0.1, -0.05) is 55.8 Å². The summed E-state index contributed by atoms with van der Waals surface area (Å²) in [4.78, 5) is 26.2. The molecule has 0 bridgehead atoms. The monoisotopic (exact) mass is 348 g/mol. The molecule has 2 unspecified atom stereocenters. The van der Waals surface area contributed by atoms with Crippen molar-refractivity contribution in [3.8, 4) is 5.75 Å². The van der Waals surface area contributed by atoms with Crippen LogP contribution in [0, 0.1) is 23.7 Å². The van der Waals surface area contributed by atoms with E-state index in [0.717, 1.165) is 35.6 Å². The third kappa shape index (κ3) is 2.66. The molecule has 134 valence electrons. The molecule has 26 heavy (non-hydrogen) atoms. The number of benzene rings is 2. The third-order valence-electron chi connectivity index (χ3n) is 6.11. The van der Waals surface area contributed by atoms with E-state index in [9.17, 15) is 9.59 Å². The fraction of sp³-hybridized carbons (Fsp3) is 0.391. The van der Waals surface area contributed by atoms with Crippen molar-refractivity contribution in [3.63, 3.8) is 0 Å². The minimum atomic E-state index is -0.715.